The fourth-order valence-corrected chi connectivity index (χ4v) is 4.09. The van der Waals surface area contributed by atoms with Crippen LogP contribution >= 0.6 is 11.6 Å². The van der Waals surface area contributed by atoms with Crippen molar-refractivity contribution in [3.8, 4) is 5.75 Å². The number of carbonyl (C=O) groups is 1. The molecule has 0 unspecified atom stereocenters. The van der Waals surface area contributed by atoms with Gasteiger partial charge in [-0.05, 0) is 73.2 Å². The first-order valence-electron chi connectivity index (χ1n) is 8.63. The first-order valence-corrected chi connectivity index (χ1v) is 10.5. The number of benzene rings is 3. The molecule has 8 heteroatoms. The highest BCUT2D eigenvalue weighted by Crippen LogP contribution is 2.23. The van der Waals surface area contributed by atoms with Crippen LogP contribution in [0.25, 0.3) is 0 Å². The quantitative estimate of drug-likeness (QED) is 0.593. The van der Waals surface area contributed by atoms with Gasteiger partial charge in [0.05, 0.1) is 12.0 Å². The van der Waals surface area contributed by atoms with Gasteiger partial charge in [0.15, 0.2) is 0 Å². The molecule has 2 N–H and O–H groups in total. The van der Waals surface area contributed by atoms with Gasteiger partial charge in [0.2, 0.25) is 0 Å². The van der Waals surface area contributed by atoms with Crippen LogP contribution in [-0.2, 0) is 10.0 Å². The molecule has 0 aromatic heterocycles. The zero-order chi connectivity index (χ0) is 21.0. The van der Waals surface area contributed by atoms with Gasteiger partial charge >= 0.3 is 0 Å². The van der Waals surface area contributed by atoms with Crippen molar-refractivity contribution in [2.45, 2.75) is 11.8 Å². The van der Waals surface area contributed by atoms with Gasteiger partial charge in [-0.1, -0.05) is 17.7 Å². The summed E-state index contributed by atoms with van der Waals surface area (Å²) in [6.45, 7) is 1.67. The Balaban J connectivity index is 1.84. The predicted molar refractivity (Wildman–Crippen MR) is 114 cm³/mol. The molecule has 0 saturated heterocycles. The topological polar surface area (TPSA) is 84.5 Å². The molecule has 3 aromatic carbocycles. The maximum Gasteiger partial charge on any atom is 0.262 e. The SMILES string of the molecule is COc1ccc(NS(=O)(=O)c2cc(C(=O)Nc3ccc(Cl)cc3)ccc2C)cc1. The maximum atomic E-state index is 12.9. The second-order valence-electron chi connectivity index (χ2n) is 6.28. The summed E-state index contributed by atoms with van der Waals surface area (Å²) in [5.74, 6) is 0.193. The average Bonchev–Trinajstić information content (AvgIpc) is 2.70. The van der Waals surface area contributed by atoms with Gasteiger partial charge in [-0.25, -0.2) is 8.42 Å². The molecule has 0 heterocycles. The fraction of sp³-hybridized carbons (Fsp3) is 0.0952. The first kappa shape index (κ1) is 20.7. The Morgan fingerprint density at radius 3 is 2.17 bits per heavy atom. The van der Waals surface area contributed by atoms with Gasteiger partial charge in [-0.3, -0.25) is 9.52 Å². The third-order valence-electron chi connectivity index (χ3n) is 4.18. The zero-order valence-corrected chi connectivity index (χ0v) is 17.3. The molecule has 1 amide bonds. The summed E-state index contributed by atoms with van der Waals surface area (Å²) >= 11 is 5.84. The minimum absolute atomic E-state index is 0.0251. The molecular weight excluding hydrogens is 412 g/mol. The molecule has 0 aliphatic rings. The third-order valence-corrected chi connectivity index (χ3v) is 5.96. The molecule has 0 spiro atoms. The number of hydrogen-bond donors (Lipinski definition) is 2. The zero-order valence-electron chi connectivity index (χ0n) is 15.8. The normalized spacial score (nSPS) is 11.0. The Labute approximate surface area is 174 Å². The molecule has 0 radical (unpaired) electrons. The lowest BCUT2D eigenvalue weighted by atomic mass is 10.1. The minimum atomic E-state index is -3.89. The highest BCUT2D eigenvalue weighted by Gasteiger charge is 2.19. The molecule has 150 valence electrons. The van der Waals surface area contributed by atoms with Gasteiger partial charge in [-0.2, -0.15) is 0 Å². The molecule has 3 rings (SSSR count). The van der Waals surface area contributed by atoms with Crippen LogP contribution in [-0.4, -0.2) is 21.4 Å². The lowest BCUT2D eigenvalue weighted by Crippen LogP contribution is -2.17. The van der Waals surface area contributed by atoms with E-state index in [9.17, 15) is 13.2 Å². The van der Waals surface area contributed by atoms with Gasteiger partial charge in [0.25, 0.3) is 15.9 Å². The number of anilines is 2. The molecule has 3 aromatic rings. The second-order valence-corrected chi connectivity index (χ2v) is 8.36. The van der Waals surface area contributed by atoms with Crippen molar-refractivity contribution >= 4 is 38.9 Å². The molecule has 0 atom stereocenters. The summed E-state index contributed by atoms with van der Waals surface area (Å²) in [5, 5.41) is 3.27. The van der Waals surface area contributed by atoms with Crippen LogP contribution < -0.4 is 14.8 Å². The van der Waals surface area contributed by atoms with Crippen molar-refractivity contribution in [3.05, 3.63) is 82.9 Å². The van der Waals surface area contributed by atoms with Gasteiger partial charge in [-0.15, -0.1) is 0 Å². The molecule has 0 fully saturated rings. The Morgan fingerprint density at radius 1 is 0.931 bits per heavy atom. The summed E-state index contributed by atoms with van der Waals surface area (Å²) in [5.41, 5.74) is 1.69. The number of aryl methyl sites for hydroxylation is 1. The van der Waals surface area contributed by atoms with E-state index in [0.717, 1.165) is 0 Å². The van der Waals surface area contributed by atoms with Crippen molar-refractivity contribution in [1.82, 2.24) is 0 Å². The van der Waals surface area contributed by atoms with E-state index in [0.29, 0.717) is 27.7 Å². The van der Waals surface area contributed by atoms with E-state index in [1.807, 2.05) is 0 Å². The number of amides is 1. The summed E-state index contributed by atoms with van der Waals surface area (Å²) in [4.78, 5) is 12.6. The molecular formula is C21H19ClN2O4S. The number of sulfonamides is 1. The number of ether oxygens (including phenoxy) is 1. The van der Waals surface area contributed by atoms with Crippen molar-refractivity contribution in [2.75, 3.05) is 17.1 Å². The third kappa shape index (κ3) is 5.07. The Bertz CT molecular complexity index is 1130. The van der Waals surface area contributed by atoms with Crippen LogP contribution in [0.5, 0.6) is 5.75 Å². The van der Waals surface area contributed by atoms with E-state index in [-0.39, 0.29) is 10.5 Å². The molecule has 0 saturated carbocycles. The number of halogens is 1. The Morgan fingerprint density at radius 2 is 1.55 bits per heavy atom. The average molecular weight is 431 g/mol. The van der Waals surface area contributed by atoms with Crippen LogP contribution in [0.3, 0.4) is 0 Å². The standard InChI is InChI=1S/C21H19ClN2O4S/c1-14-3-4-15(21(25)23-17-7-5-16(22)6-8-17)13-20(14)29(26,27)24-18-9-11-19(28-2)12-10-18/h3-13,24H,1-2H3,(H,23,25). The largest absolute Gasteiger partial charge is 0.497 e. The maximum absolute atomic E-state index is 12.9. The minimum Gasteiger partial charge on any atom is -0.497 e. The van der Waals surface area contributed by atoms with E-state index >= 15 is 0 Å². The highest BCUT2D eigenvalue weighted by atomic mass is 35.5. The molecule has 0 bridgehead atoms. The Kier molecular flexibility index (Phi) is 6.10. The Hall–Kier alpha value is -3.03. The number of methoxy groups -OCH3 is 1. The van der Waals surface area contributed by atoms with E-state index in [1.54, 1.807) is 67.6 Å². The fourth-order valence-electron chi connectivity index (χ4n) is 2.64. The van der Waals surface area contributed by atoms with Crippen LogP contribution in [0.2, 0.25) is 5.02 Å². The lowest BCUT2D eigenvalue weighted by Gasteiger charge is -2.13. The van der Waals surface area contributed by atoms with Crippen LogP contribution in [0.4, 0.5) is 11.4 Å². The highest BCUT2D eigenvalue weighted by molar-refractivity contribution is 7.92. The van der Waals surface area contributed by atoms with E-state index in [1.165, 1.54) is 13.2 Å². The van der Waals surface area contributed by atoms with E-state index in [2.05, 4.69) is 10.0 Å². The van der Waals surface area contributed by atoms with Crippen molar-refractivity contribution < 1.29 is 17.9 Å². The van der Waals surface area contributed by atoms with Gasteiger partial charge in [0.1, 0.15) is 5.75 Å². The number of hydrogen-bond acceptors (Lipinski definition) is 4. The number of carbonyl (C=O) groups excluding carboxylic acids is 1. The van der Waals surface area contributed by atoms with Gasteiger partial charge in [0, 0.05) is 22.0 Å². The van der Waals surface area contributed by atoms with Crippen LogP contribution in [0.15, 0.2) is 71.6 Å². The number of nitrogens with one attached hydrogen (secondary N) is 2. The van der Waals surface area contributed by atoms with Crippen LogP contribution in [0, 0.1) is 6.92 Å². The van der Waals surface area contributed by atoms with E-state index < -0.39 is 15.9 Å². The van der Waals surface area contributed by atoms with Crippen LogP contribution in [0.1, 0.15) is 15.9 Å². The van der Waals surface area contributed by atoms with Crippen molar-refractivity contribution in [3.63, 3.8) is 0 Å². The molecule has 6 nitrogen and oxygen atoms in total. The molecule has 0 aliphatic carbocycles. The summed E-state index contributed by atoms with van der Waals surface area (Å²) in [6, 6.07) is 17.7. The summed E-state index contributed by atoms with van der Waals surface area (Å²) in [6.07, 6.45) is 0. The first-order chi connectivity index (χ1) is 13.8. The molecule has 0 aliphatic heterocycles. The molecule has 29 heavy (non-hydrogen) atoms. The predicted octanol–water partition coefficient (Wildman–Crippen LogP) is 4.71. The lowest BCUT2D eigenvalue weighted by molar-refractivity contribution is 0.102. The van der Waals surface area contributed by atoms with Gasteiger partial charge < -0.3 is 10.1 Å². The monoisotopic (exact) mass is 430 g/mol. The van der Waals surface area contributed by atoms with Crippen molar-refractivity contribution in [2.24, 2.45) is 0 Å². The van der Waals surface area contributed by atoms with Crippen molar-refractivity contribution in [1.29, 1.82) is 0 Å². The second kappa shape index (κ2) is 8.55. The smallest absolute Gasteiger partial charge is 0.262 e. The summed E-state index contributed by atoms with van der Waals surface area (Å²) in [7, 11) is -2.36. The number of rotatable bonds is 6. The van der Waals surface area contributed by atoms with E-state index in [4.69, 9.17) is 16.3 Å². The summed E-state index contributed by atoms with van der Waals surface area (Å²) < 4.78 is 33.3.